The lowest BCUT2D eigenvalue weighted by atomic mass is 10.0. The quantitative estimate of drug-likeness (QED) is 0.355. The first-order chi connectivity index (χ1) is 10.7. The molecular weight excluding hydrogens is 326 g/mol. The molecule has 0 spiro atoms. The Hall–Kier alpha value is -0.510. The van der Waals surface area contributed by atoms with Crippen LogP contribution in [0.15, 0.2) is 23.1 Å². The molecule has 2 rings (SSSR count). The molecule has 0 aliphatic carbocycles. The molecule has 4 heteroatoms. The number of aryl methyl sites for hydroxylation is 1. The zero-order valence-electron chi connectivity index (χ0n) is 14.5. The van der Waals surface area contributed by atoms with E-state index in [0.717, 1.165) is 12.1 Å². The van der Waals surface area contributed by atoms with E-state index in [1.54, 1.807) is 0 Å². The average Bonchev–Trinajstić information content (AvgIpc) is 2.55. The number of Topliss-reactive ketones (excluding diaryl/α,β-unsaturated/α-hetero) is 1. The van der Waals surface area contributed by atoms with Crippen LogP contribution in [-0.4, -0.2) is 36.1 Å². The van der Waals surface area contributed by atoms with Crippen molar-refractivity contribution in [1.29, 1.82) is 0 Å². The summed E-state index contributed by atoms with van der Waals surface area (Å²) >= 11 is 1.91. The number of carbonyl (C=O) groups excluding carboxylic acids is 1. The lowest BCUT2D eigenvalue weighted by Gasteiger charge is -2.25. The van der Waals surface area contributed by atoms with Gasteiger partial charge in [0.25, 0.3) is 0 Å². The van der Waals surface area contributed by atoms with E-state index in [2.05, 4.69) is 30.9 Å². The molecule has 0 N–H and O–H groups in total. The third-order valence-corrected chi connectivity index (χ3v) is 5.62. The van der Waals surface area contributed by atoms with Crippen LogP contribution in [0.2, 0.25) is 0 Å². The summed E-state index contributed by atoms with van der Waals surface area (Å²) in [6, 6.07) is 6.22. The lowest BCUT2D eigenvalue weighted by molar-refractivity contribution is 0.0958. The van der Waals surface area contributed by atoms with E-state index in [9.17, 15) is 4.79 Å². The fraction of sp³-hybridized carbons (Fsp3) is 0.632. The number of halogens is 1. The van der Waals surface area contributed by atoms with E-state index in [1.807, 2.05) is 17.8 Å². The highest BCUT2D eigenvalue weighted by Gasteiger charge is 2.13. The predicted molar refractivity (Wildman–Crippen MR) is 103 cm³/mol. The molecule has 0 unspecified atom stereocenters. The van der Waals surface area contributed by atoms with Crippen molar-refractivity contribution in [2.24, 2.45) is 0 Å². The number of thioether (sulfide) groups is 1. The van der Waals surface area contributed by atoms with Crippen molar-refractivity contribution in [3.63, 3.8) is 0 Å². The van der Waals surface area contributed by atoms with Gasteiger partial charge in [-0.1, -0.05) is 25.8 Å². The molecule has 1 fully saturated rings. The molecule has 130 valence electrons. The largest absolute Gasteiger partial charge is 0.303 e. The number of ketones is 1. The van der Waals surface area contributed by atoms with Crippen LogP contribution < -0.4 is 0 Å². The van der Waals surface area contributed by atoms with Crippen molar-refractivity contribution in [3.05, 3.63) is 29.3 Å². The van der Waals surface area contributed by atoms with Gasteiger partial charge in [-0.05, 0) is 62.7 Å². The fourth-order valence-electron chi connectivity index (χ4n) is 2.90. The summed E-state index contributed by atoms with van der Waals surface area (Å²) < 4.78 is 0. The van der Waals surface area contributed by atoms with E-state index in [-0.39, 0.29) is 12.4 Å². The number of unbranched alkanes of at least 4 members (excludes halogenated alkanes) is 1. The molecule has 1 aliphatic rings. The number of hydrogen-bond donors (Lipinski definition) is 0. The Labute approximate surface area is 151 Å². The Morgan fingerprint density at radius 3 is 2.61 bits per heavy atom. The summed E-state index contributed by atoms with van der Waals surface area (Å²) in [5, 5.41) is 0. The molecular formula is C19H30ClNOS. The Morgan fingerprint density at radius 1 is 1.22 bits per heavy atom. The molecule has 0 bridgehead atoms. The van der Waals surface area contributed by atoms with Crippen LogP contribution in [-0.2, 0) is 0 Å². The van der Waals surface area contributed by atoms with E-state index >= 15 is 0 Å². The molecule has 1 aromatic carbocycles. The van der Waals surface area contributed by atoms with Gasteiger partial charge >= 0.3 is 0 Å². The first-order valence-electron chi connectivity index (χ1n) is 8.69. The molecule has 23 heavy (non-hydrogen) atoms. The fourth-order valence-corrected chi connectivity index (χ4v) is 4.00. The second-order valence-corrected chi connectivity index (χ2v) is 7.39. The van der Waals surface area contributed by atoms with Gasteiger partial charge in [0.2, 0.25) is 0 Å². The second-order valence-electron chi connectivity index (χ2n) is 6.26. The van der Waals surface area contributed by atoms with E-state index in [4.69, 9.17) is 0 Å². The number of nitrogens with zero attached hydrogens (tertiary/aromatic N) is 1. The number of rotatable bonds is 8. The average molecular weight is 356 g/mol. The molecule has 0 amide bonds. The summed E-state index contributed by atoms with van der Waals surface area (Å²) in [4.78, 5) is 16.1. The van der Waals surface area contributed by atoms with Crippen molar-refractivity contribution in [2.45, 2.75) is 57.3 Å². The van der Waals surface area contributed by atoms with Crippen LogP contribution in [0.5, 0.6) is 0 Å². The van der Waals surface area contributed by atoms with Crippen molar-refractivity contribution < 1.29 is 4.79 Å². The third kappa shape index (κ3) is 6.86. The Kier molecular flexibility index (Phi) is 9.92. The molecule has 1 aromatic rings. The van der Waals surface area contributed by atoms with Crippen LogP contribution in [0.25, 0.3) is 0 Å². The zero-order valence-corrected chi connectivity index (χ0v) is 16.1. The summed E-state index contributed by atoms with van der Waals surface area (Å²) in [6.07, 6.45) is 7.07. The summed E-state index contributed by atoms with van der Waals surface area (Å²) in [5.41, 5.74) is 2.12. The van der Waals surface area contributed by atoms with Gasteiger partial charge in [-0.2, -0.15) is 0 Å². The Morgan fingerprint density at radius 2 is 1.96 bits per heavy atom. The number of piperidine rings is 1. The molecule has 2 nitrogen and oxygen atoms in total. The van der Waals surface area contributed by atoms with Crippen LogP contribution in [0.3, 0.4) is 0 Å². The van der Waals surface area contributed by atoms with Gasteiger partial charge in [0.15, 0.2) is 5.78 Å². The number of likely N-dealkylation sites (tertiary alicyclic amines) is 1. The topological polar surface area (TPSA) is 20.3 Å². The van der Waals surface area contributed by atoms with Crippen LogP contribution in [0, 0.1) is 6.92 Å². The second kappa shape index (κ2) is 11.1. The van der Waals surface area contributed by atoms with Crippen LogP contribution in [0.4, 0.5) is 0 Å². The van der Waals surface area contributed by atoms with Crippen LogP contribution in [0.1, 0.15) is 61.4 Å². The number of carbonyl (C=O) groups is 1. The maximum Gasteiger partial charge on any atom is 0.164 e. The first-order valence-corrected chi connectivity index (χ1v) is 9.68. The van der Waals surface area contributed by atoms with E-state index in [1.165, 1.54) is 61.4 Å². The zero-order chi connectivity index (χ0) is 15.8. The summed E-state index contributed by atoms with van der Waals surface area (Å²) in [5.74, 6) is 1.46. The molecule has 0 aromatic heterocycles. The molecule has 0 atom stereocenters. The summed E-state index contributed by atoms with van der Waals surface area (Å²) in [7, 11) is 0. The van der Waals surface area contributed by atoms with Crippen molar-refractivity contribution in [2.75, 3.05) is 25.4 Å². The molecule has 1 heterocycles. The van der Waals surface area contributed by atoms with Crippen LogP contribution >= 0.6 is 24.2 Å². The van der Waals surface area contributed by atoms with Gasteiger partial charge in [-0.15, -0.1) is 24.2 Å². The molecule has 1 saturated heterocycles. The Bertz CT molecular complexity index is 486. The molecule has 1 aliphatic heterocycles. The minimum absolute atomic E-state index is 0. The Balaban J connectivity index is 0.00000264. The van der Waals surface area contributed by atoms with Crippen molar-refractivity contribution in [1.82, 2.24) is 4.90 Å². The van der Waals surface area contributed by atoms with Crippen molar-refractivity contribution in [3.8, 4) is 0 Å². The minimum atomic E-state index is 0. The summed E-state index contributed by atoms with van der Waals surface area (Å²) in [6.45, 7) is 7.59. The maximum atomic E-state index is 12.4. The van der Waals surface area contributed by atoms with Gasteiger partial charge < -0.3 is 4.90 Å². The standard InChI is InChI=1S/C19H29NOS.ClH/c1-3-4-14-22-19-9-8-17(15-16(19)2)18(21)10-13-20-11-6-5-7-12-20;/h8-9,15H,3-7,10-14H2,1-2H3;1H. The number of benzene rings is 1. The SMILES string of the molecule is CCCCSc1ccc(C(=O)CCN2CCCCC2)cc1C.Cl. The minimum Gasteiger partial charge on any atom is -0.303 e. The monoisotopic (exact) mass is 355 g/mol. The lowest BCUT2D eigenvalue weighted by Crippen LogP contribution is -2.31. The van der Waals surface area contributed by atoms with Gasteiger partial charge in [-0.25, -0.2) is 0 Å². The maximum absolute atomic E-state index is 12.4. The van der Waals surface area contributed by atoms with Crippen molar-refractivity contribution >= 4 is 30.0 Å². The van der Waals surface area contributed by atoms with E-state index < -0.39 is 0 Å². The highest BCUT2D eigenvalue weighted by Crippen LogP contribution is 2.24. The highest BCUT2D eigenvalue weighted by atomic mass is 35.5. The van der Waals surface area contributed by atoms with Gasteiger partial charge in [0.1, 0.15) is 0 Å². The third-order valence-electron chi connectivity index (χ3n) is 4.36. The first kappa shape index (κ1) is 20.5. The van der Waals surface area contributed by atoms with Gasteiger partial charge in [0.05, 0.1) is 0 Å². The highest BCUT2D eigenvalue weighted by molar-refractivity contribution is 7.99. The number of hydrogen-bond acceptors (Lipinski definition) is 3. The normalized spacial score (nSPS) is 15.2. The van der Waals surface area contributed by atoms with E-state index in [0.29, 0.717) is 12.2 Å². The van der Waals surface area contributed by atoms with Gasteiger partial charge in [-0.3, -0.25) is 4.79 Å². The van der Waals surface area contributed by atoms with Gasteiger partial charge in [0, 0.05) is 23.4 Å². The predicted octanol–water partition coefficient (Wildman–Crippen LogP) is 5.37. The smallest absolute Gasteiger partial charge is 0.164 e. The molecule has 0 radical (unpaired) electrons. The molecule has 0 saturated carbocycles.